The highest BCUT2D eigenvalue weighted by atomic mass is 32.2. The summed E-state index contributed by atoms with van der Waals surface area (Å²) in [5.41, 5.74) is 4.15. The van der Waals surface area contributed by atoms with Crippen molar-refractivity contribution >= 4 is 17.7 Å². The first kappa shape index (κ1) is 14.1. The lowest BCUT2D eigenvalue weighted by Crippen LogP contribution is -2.04. The zero-order valence-corrected chi connectivity index (χ0v) is 12.6. The molecule has 2 aromatic rings. The number of nitrogens with zero attached hydrogens (tertiary/aromatic N) is 2. The standard InChI is InChI=1S/C15H16N2O3S/c1-2-19-14(18)13-16-17-15(20-13)21-9-10-6-7-11-4-3-5-12(11)8-10/h6-8H,2-5,9H2,1H3. The van der Waals surface area contributed by atoms with Crippen LogP contribution in [0, 0.1) is 0 Å². The van der Waals surface area contributed by atoms with Crippen LogP contribution in [0.1, 0.15) is 40.7 Å². The molecule has 0 N–H and O–H groups in total. The molecule has 0 aliphatic heterocycles. The Hall–Kier alpha value is -1.82. The number of ether oxygens (including phenoxy) is 1. The van der Waals surface area contributed by atoms with Gasteiger partial charge in [0.25, 0.3) is 5.22 Å². The quantitative estimate of drug-likeness (QED) is 0.625. The van der Waals surface area contributed by atoms with Gasteiger partial charge in [0.2, 0.25) is 0 Å². The van der Waals surface area contributed by atoms with Crippen molar-refractivity contribution in [2.75, 3.05) is 6.61 Å². The Morgan fingerprint density at radius 2 is 2.19 bits per heavy atom. The van der Waals surface area contributed by atoms with Crippen LogP contribution < -0.4 is 0 Å². The molecule has 110 valence electrons. The summed E-state index contributed by atoms with van der Waals surface area (Å²) in [6.45, 7) is 2.02. The number of esters is 1. The minimum Gasteiger partial charge on any atom is -0.459 e. The van der Waals surface area contributed by atoms with Crippen LogP contribution in [0.25, 0.3) is 0 Å². The van der Waals surface area contributed by atoms with Gasteiger partial charge in [-0.25, -0.2) is 4.79 Å². The van der Waals surface area contributed by atoms with Crippen LogP contribution >= 0.6 is 11.8 Å². The summed E-state index contributed by atoms with van der Waals surface area (Å²) in [4.78, 5) is 11.4. The van der Waals surface area contributed by atoms with E-state index in [1.807, 2.05) is 0 Å². The van der Waals surface area contributed by atoms with E-state index in [2.05, 4.69) is 28.4 Å². The first-order valence-corrected chi connectivity index (χ1v) is 7.99. The molecular formula is C15H16N2O3S. The monoisotopic (exact) mass is 304 g/mol. The largest absolute Gasteiger partial charge is 0.459 e. The van der Waals surface area contributed by atoms with Crippen molar-refractivity contribution in [3.63, 3.8) is 0 Å². The number of benzene rings is 1. The van der Waals surface area contributed by atoms with Crippen LogP contribution in [0.15, 0.2) is 27.8 Å². The fraction of sp³-hybridized carbons (Fsp3) is 0.400. The van der Waals surface area contributed by atoms with E-state index in [0.29, 0.717) is 11.8 Å². The lowest BCUT2D eigenvalue weighted by atomic mass is 10.1. The van der Waals surface area contributed by atoms with Crippen LogP contribution in [0.5, 0.6) is 0 Å². The van der Waals surface area contributed by atoms with E-state index in [4.69, 9.17) is 9.15 Å². The van der Waals surface area contributed by atoms with Gasteiger partial charge in [0.1, 0.15) is 0 Å². The zero-order chi connectivity index (χ0) is 14.7. The second-order valence-electron chi connectivity index (χ2n) is 4.84. The number of carbonyl (C=O) groups is 1. The molecule has 3 rings (SSSR count). The third kappa shape index (κ3) is 3.26. The van der Waals surface area contributed by atoms with Gasteiger partial charge in [0, 0.05) is 5.75 Å². The zero-order valence-electron chi connectivity index (χ0n) is 11.8. The molecule has 21 heavy (non-hydrogen) atoms. The Kier molecular flexibility index (Phi) is 4.24. The van der Waals surface area contributed by atoms with Crippen LogP contribution in [0.4, 0.5) is 0 Å². The van der Waals surface area contributed by atoms with E-state index in [1.165, 1.54) is 47.7 Å². The molecule has 0 unspecified atom stereocenters. The van der Waals surface area contributed by atoms with Crippen molar-refractivity contribution in [2.24, 2.45) is 0 Å². The molecule has 0 saturated carbocycles. The number of hydrogen-bond acceptors (Lipinski definition) is 6. The molecule has 0 amide bonds. The number of aryl methyl sites for hydroxylation is 2. The summed E-state index contributed by atoms with van der Waals surface area (Å²) in [6, 6.07) is 6.59. The number of carbonyl (C=O) groups excluding carboxylic acids is 1. The van der Waals surface area contributed by atoms with Gasteiger partial charge >= 0.3 is 11.9 Å². The maximum atomic E-state index is 11.4. The maximum absolute atomic E-state index is 11.4. The Labute approximate surface area is 127 Å². The molecule has 0 fully saturated rings. The number of aromatic nitrogens is 2. The predicted molar refractivity (Wildman–Crippen MR) is 78.3 cm³/mol. The summed E-state index contributed by atoms with van der Waals surface area (Å²) in [7, 11) is 0. The second kappa shape index (κ2) is 6.30. The fourth-order valence-corrected chi connectivity index (χ4v) is 3.11. The van der Waals surface area contributed by atoms with Crippen LogP contribution in [0.3, 0.4) is 0 Å². The molecular weight excluding hydrogens is 288 g/mol. The highest BCUT2D eigenvalue weighted by Crippen LogP contribution is 2.26. The minimum atomic E-state index is -0.575. The van der Waals surface area contributed by atoms with Gasteiger partial charge < -0.3 is 9.15 Å². The number of rotatable bonds is 5. The molecule has 1 aliphatic carbocycles. The second-order valence-corrected chi connectivity index (χ2v) is 5.77. The average molecular weight is 304 g/mol. The van der Waals surface area contributed by atoms with Crippen molar-refractivity contribution < 1.29 is 13.9 Å². The van der Waals surface area contributed by atoms with E-state index < -0.39 is 5.97 Å². The van der Waals surface area contributed by atoms with Gasteiger partial charge in [-0.15, -0.1) is 5.10 Å². The normalized spacial score (nSPS) is 13.2. The van der Waals surface area contributed by atoms with Gasteiger partial charge in [-0.05, 0) is 42.9 Å². The first-order chi connectivity index (χ1) is 10.3. The summed E-state index contributed by atoms with van der Waals surface area (Å²) in [5, 5.41) is 7.93. The van der Waals surface area contributed by atoms with Crippen LogP contribution in [-0.4, -0.2) is 22.8 Å². The summed E-state index contributed by atoms with van der Waals surface area (Å²) in [5.74, 6) is 0.0836. The van der Waals surface area contributed by atoms with Crippen molar-refractivity contribution in [1.82, 2.24) is 10.2 Å². The summed E-state index contributed by atoms with van der Waals surface area (Å²) >= 11 is 1.43. The van der Waals surface area contributed by atoms with Gasteiger partial charge in [0.15, 0.2) is 0 Å². The Morgan fingerprint density at radius 3 is 3.05 bits per heavy atom. The molecule has 1 aromatic carbocycles. The molecule has 0 bridgehead atoms. The molecule has 0 spiro atoms. The van der Waals surface area contributed by atoms with Crippen molar-refractivity contribution in [2.45, 2.75) is 37.2 Å². The molecule has 1 aromatic heterocycles. The molecule has 0 radical (unpaired) electrons. The number of thioether (sulfide) groups is 1. The smallest absolute Gasteiger partial charge is 0.396 e. The molecule has 0 atom stereocenters. The molecule has 6 heteroatoms. The molecule has 0 saturated heterocycles. The summed E-state index contributed by atoms with van der Waals surface area (Å²) < 4.78 is 10.1. The Balaban J connectivity index is 1.61. The topological polar surface area (TPSA) is 65.2 Å². The fourth-order valence-electron chi connectivity index (χ4n) is 2.40. The first-order valence-electron chi connectivity index (χ1n) is 7.00. The highest BCUT2D eigenvalue weighted by Gasteiger charge is 2.16. The van der Waals surface area contributed by atoms with Crippen molar-refractivity contribution in [1.29, 1.82) is 0 Å². The van der Waals surface area contributed by atoms with E-state index >= 15 is 0 Å². The van der Waals surface area contributed by atoms with Crippen LogP contribution in [0.2, 0.25) is 0 Å². The Morgan fingerprint density at radius 1 is 1.33 bits per heavy atom. The number of hydrogen-bond donors (Lipinski definition) is 0. The number of fused-ring (bicyclic) bond motifs is 1. The van der Waals surface area contributed by atoms with Gasteiger partial charge in [0.05, 0.1) is 6.61 Å². The van der Waals surface area contributed by atoms with Gasteiger partial charge in [-0.3, -0.25) is 0 Å². The molecule has 1 aliphatic rings. The average Bonchev–Trinajstić information content (AvgIpc) is 3.14. The van der Waals surface area contributed by atoms with E-state index in [-0.39, 0.29) is 5.89 Å². The highest BCUT2D eigenvalue weighted by molar-refractivity contribution is 7.98. The third-order valence-electron chi connectivity index (χ3n) is 3.38. The Bertz CT molecular complexity index is 654. The van der Waals surface area contributed by atoms with Crippen LogP contribution in [-0.2, 0) is 23.3 Å². The van der Waals surface area contributed by atoms with Crippen molar-refractivity contribution in [3.8, 4) is 0 Å². The van der Waals surface area contributed by atoms with Gasteiger partial charge in [-0.1, -0.05) is 35.1 Å². The van der Waals surface area contributed by atoms with E-state index in [9.17, 15) is 4.79 Å². The summed E-state index contributed by atoms with van der Waals surface area (Å²) in [6.07, 6.45) is 3.61. The molecule has 5 nitrogen and oxygen atoms in total. The minimum absolute atomic E-state index is 0.0895. The lowest BCUT2D eigenvalue weighted by Gasteiger charge is -2.03. The molecule has 1 heterocycles. The van der Waals surface area contributed by atoms with Crippen molar-refractivity contribution in [3.05, 3.63) is 40.8 Å². The van der Waals surface area contributed by atoms with E-state index in [0.717, 1.165) is 5.75 Å². The lowest BCUT2D eigenvalue weighted by molar-refractivity contribution is 0.0475. The maximum Gasteiger partial charge on any atom is 0.396 e. The van der Waals surface area contributed by atoms with Gasteiger partial charge in [-0.2, -0.15) is 0 Å². The third-order valence-corrected chi connectivity index (χ3v) is 4.27. The van der Waals surface area contributed by atoms with E-state index in [1.54, 1.807) is 6.92 Å². The SMILES string of the molecule is CCOC(=O)c1nnc(SCc2ccc3c(c2)CCC3)o1. The predicted octanol–water partition coefficient (Wildman–Crippen LogP) is 3.03.